The van der Waals surface area contributed by atoms with Crippen LogP contribution in [0.1, 0.15) is 25.3 Å². The molecule has 1 aliphatic rings. The van der Waals surface area contributed by atoms with E-state index in [1.54, 1.807) is 12.1 Å². The molecule has 0 spiro atoms. The number of carbonyl (C=O) groups excluding carboxylic acids is 1. The summed E-state index contributed by atoms with van der Waals surface area (Å²) in [6.07, 6.45) is 0.217. The van der Waals surface area contributed by atoms with Crippen molar-refractivity contribution in [1.82, 2.24) is 4.31 Å². The van der Waals surface area contributed by atoms with Crippen molar-refractivity contribution in [1.29, 1.82) is 0 Å². The van der Waals surface area contributed by atoms with E-state index in [4.69, 9.17) is 0 Å². The number of sulfonamides is 1. The molecule has 1 amide bonds. The van der Waals surface area contributed by atoms with Crippen molar-refractivity contribution in [3.63, 3.8) is 0 Å². The number of aliphatic hydroxyl groups is 1. The van der Waals surface area contributed by atoms with Crippen molar-refractivity contribution in [3.8, 4) is 0 Å². The zero-order valence-electron chi connectivity index (χ0n) is 14.9. The third-order valence-corrected chi connectivity index (χ3v) is 6.65. The topological polar surface area (TPSA) is 86.7 Å². The molecule has 0 atom stereocenters. The van der Waals surface area contributed by atoms with Crippen molar-refractivity contribution in [2.24, 2.45) is 0 Å². The monoisotopic (exact) mass is 392 g/mol. The first-order valence-electron chi connectivity index (χ1n) is 8.58. The number of halogens is 1. The van der Waals surface area contributed by atoms with Crippen LogP contribution >= 0.6 is 0 Å². The summed E-state index contributed by atoms with van der Waals surface area (Å²) in [5, 5.41) is 13.4. The molecule has 2 N–H and O–H groups in total. The zero-order valence-corrected chi connectivity index (χ0v) is 15.7. The van der Waals surface area contributed by atoms with E-state index in [1.807, 2.05) is 0 Å². The maximum absolute atomic E-state index is 14.0. The normalized spacial score (nSPS) is 17.4. The molecule has 0 radical (unpaired) electrons. The SMILES string of the molecule is CC(=O)Nc1ccc(S(=O)(=O)N2CCC(O)(c3ccccc3F)CC2)cc1. The van der Waals surface area contributed by atoms with E-state index in [-0.39, 0.29) is 42.3 Å². The Labute approximate surface area is 157 Å². The van der Waals surface area contributed by atoms with E-state index in [1.165, 1.54) is 47.6 Å². The van der Waals surface area contributed by atoms with Gasteiger partial charge in [0.2, 0.25) is 15.9 Å². The van der Waals surface area contributed by atoms with Crippen molar-refractivity contribution in [2.75, 3.05) is 18.4 Å². The highest BCUT2D eigenvalue weighted by Crippen LogP contribution is 2.36. The summed E-state index contributed by atoms with van der Waals surface area (Å²) in [5.74, 6) is -0.737. The molecule has 2 aromatic rings. The van der Waals surface area contributed by atoms with Crippen molar-refractivity contribution < 1.29 is 22.7 Å². The first-order valence-corrected chi connectivity index (χ1v) is 10.0. The highest BCUT2D eigenvalue weighted by Gasteiger charge is 2.39. The predicted molar refractivity (Wildman–Crippen MR) is 99.0 cm³/mol. The average molecular weight is 392 g/mol. The number of amides is 1. The Morgan fingerprint density at radius 3 is 2.26 bits per heavy atom. The summed E-state index contributed by atoms with van der Waals surface area (Å²) in [5.41, 5.74) is -0.678. The predicted octanol–water partition coefficient (Wildman–Crippen LogP) is 2.46. The summed E-state index contributed by atoms with van der Waals surface area (Å²) in [7, 11) is -3.73. The fourth-order valence-corrected chi connectivity index (χ4v) is 4.71. The molecule has 0 aliphatic carbocycles. The molecule has 1 aliphatic heterocycles. The molecular formula is C19H21FN2O4S. The van der Waals surface area contributed by atoms with Crippen LogP contribution < -0.4 is 5.32 Å². The van der Waals surface area contributed by atoms with Gasteiger partial charge in [0.1, 0.15) is 5.82 Å². The number of hydrogen-bond donors (Lipinski definition) is 2. The van der Waals surface area contributed by atoms with Crippen LogP contribution in [0.25, 0.3) is 0 Å². The lowest BCUT2D eigenvalue weighted by molar-refractivity contribution is -0.114. The molecule has 3 rings (SSSR count). The first-order chi connectivity index (χ1) is 12.7. The molecule has 0 unspecified atom stereocenters. The van der Waals surface area contributed by atoms with Crippen LogP contribution in [-0.2, 0) is 20.4 Å². The third kappa shape index (κ3) is 4.02. The van der Waals surface area contributed by atoms with Gasteiger partial charge >= 0.3 is 0 Å². The van der Waals surface area contributed by atoms with Crippen LogP contribution in [0.15, 0.2) is 53.4 Å². The lowest BCUT2D eigenvalue weighted by atomic mass is 9.85. The van der Waals surface area contributed by atoms with Gasteiger partial charge in [0.15, 0.2) is 0 Å². The number of piperidine rings is 1. The molecule has 0 aromatic heterocycles. The van der Waals surface area contributed by atoms with Gasteiger partial charge < -0.3 is 10.4 Å². The number of hydrogen-bond acceptors (Lipinski definition) is 4. The molecule has 1 saturated heterocycles. The number of anilines is 1. The number of nitrogens with zero attached hydrogens (tertiary/aromatic N) is 1. The summed E-state index contributed by atoms with van der Waals surface area (Å²) in [6.45, 7) is 1.54. The molecule has 1 fully saturated rings. The maximum atomic E-state index is 14.0. The summed E-state index contributed by atoms with van der Waals surface area (Å²) >= 11 is 0. The van der Waals surface area contributed by atoms with Gasteiger partial charge in [-0.2, -0.15) is 4.31 Å². The molecule has 0 saturated carbocycles. The Hall–Kier alpha value is -2.29. The molecule has 8 heteroatoms. The van der Waals surface area contributed by atoms with E-state index in [9.17, 15) is 22.7 Å². The fourth-order valence-electron chi connectivity index (χ4n) is 3.27. The number of nitrogens with one attached hydrogen (secondary N) is 1. The van der Waals surface area contributed by atoms with Gasteiger partial charge in [0.05, 0.1) is 10.5 Å². The smallest absolute Gasteiger partial charge is 0.243 e. The Morgan fingerprint density at radius 1 is 1.11 bits per heavy atom. The summed E-state index contributed by atoms with van der Waals surface area (Å²) in [6, 6.07) is 11.9. The average Bonchev–Trinajstić information content (AvgIpc) is 2.62. The van der Waals surface area contributed by atoms with E-state index in [0.717, 1.165) is 0 Å². The molecule has 2 aromatic carbocycles. The Morgan fingerprint density at radius 2 is 1.70 bits per heavy atom. The molecule has 27 heavy (non-hydrogen) atoms. The number of benzene rings is 2. The van der Waals surface area contributed by atoms with Crippen LogP contribution in [0, 0.1) is 5.82 Å². The largest absolute Gasteiger partial charge is 0.385 e. The molecular weight excluding hydrogens is 371 g/mol. The van der Waals surface area contributed by atoms with Crippen LogP contribution in [0.3, 0.4) is 0 Å². The second-order valence-electron chi connectivity index (χ2n) is 6.62. The van der Waals surface area contributed by atoms with Crippen LogP contribution in [-0.4, -0.2) is 36.8 Å². The van der Waals surface area contributed by atoms with E-state index in [2.05, 4.69) is 5.32 Å². The minimum Gasteiger partial charge on any atom is -0.385 e. The molecule has 0 bridgehead atoms. The minimum atomic E-state index is -3.73. The van der Waals surface area contributed by atoms with Gasteiger partial charge in [0, 0.05) is 31.3 Å². The highest BCUT2D eigenvalue weighted by molar-refractivity contribution is 7.89. The van der Waals surface area contributed by atoms with Crippen LogP contribution in [0.4, 0.5) is 10.1 Å². The highest BCUT2D eigenvalue weighted by atomic mass is 32.2. The lowest BCUT2D eigenvalue weighted by Crippen LogP contribution is -2.45. The van der Waals surface area contributed by atoms with Gasteiger partial charge in [-0.15, -0.1) is 0 Å². The van der Waals surface area contributed by atoms with Crippen molar-refractivity contribution >= 4 is 21.6 Å². The van der Waals surface area contributed by atoms with E-state index >= 15 is 0 Å². The lowest BCUT2D eigenvalue weighted by Gasteiger charge is -2.38. The summed E-state index contributed by atoms with van der Waals surface area (Å²) < 4.78 is 40.9. The summed E-state index contributed by atoms with van der Waals surface area (Å²) in [4.78, 5) is 11.2. The van der Waals surface area contributed by atoms with Gasteiger partial charge in [-0.3, -0.25) is 4.79 Å². The minimum absolute atomic E-state index is 0.0839. The van der Waals surface area contributed by atoms with Gasteiger partial charge in [-0.05, 0) is 43.2 Å². The Balaban J connectivity index is 1.75. The standard InChI is InChI=1S/C19H21FN2O4S/c1-14(23)21-15-6-8-16(9-7-15)27(25,26)22-12-10-19(24,11-13-22)17-4-2-3-5-18(17)20/h2-9,24H,10-13H2,1H3,(H,21,23). The van der Waals surface area contributed by atoms with Crippen molar-refractivity contribution in [3.05, 3.63) is 59.9 Å². The first kappa shape index (κ1) is 19.5. The number of carbonyl (C=O) groups is 1. The third-order valence-electron chi connectivity index (χ3n) is 4.74. The number of rotatable bonds is 4. The van der Waals surface area contributed by atoms with Gasteiger partial charge in [-0.1, -0.05) is 18.2 Å². The maximum Gasteiger partial charge on any atom is 0.243 e. The quantitative estimate of drug-likeness (QED) is 0.837. The van der Waals surface area contributed by atoms with Crippen molar-refractivity contribution in [2.45, 2.75) is 30.3 Å². The molecule has 6 nitrogen and oxygen atoms in total. The molecule has 144 valence electrons. The fraction of sp³-hybridized carbons (Fsp3) is 0.316. The Bertz CT molecular complexity index is 936. The van der Waals surface area contributed by atoms with E-state index < -0.39 is 21.4 Å². The van der Waals surface area contributed by atoms with Gasteiger partial charge in [-0.25, -0.2) is 12.8 Å². The second-order valence-corrected chi connectivity index (χ2v) is 8.56. The molecule has 1 heterocycles. The van der Waals surface area contributed by atoms with Gasteiger partial charge in [0.25, 0.3) is 0 Å². The van der Waals surface area contributed by atoms with E-state index in [0.29, 0.717) is 5.69 Å². The zero-order chi connectivity index (χ0) is 19.7. The Kier molecular flexibility index (Phi) is 5.32. The van der Waals surface area contributed by atoms with Crippen LogP contribution in [0.5, 0.6) is 0 Å². The van der Waals surface area contributed by atoms with Crippen LogP contribution in [0.2, 0.25) is 0 Å². The second kappa shape index (κ2) is 7.38.